The van der Waals surface area contributed by atoms with Gasteiger partial charge in [0.15, 0.2) is 0 Å². The minimum absolute atomic E-state index is 0.0878. The minimum Gasteiger partial charge on any atom is -0.317 e. The topological polar surface area (TPSA) is 32.3 Å². The summed E-state index contributed by atoms with van der Waals surface area (Å²) in [5.41, 5.74) is 1.12. The molecule has 2 aliphatic rings. The van der Waals surface area contributed by atoms with Crippen molar-refractivity contribution in [1.29, 1.82) is 0 Å². The van der Waals surface area contributed by atoms with Gasteiger partial charge in [-0.05, 0) is 44.5 Å². The summed E-state index contributed by atoms with van der Waals surface area (Å²) >= 11 is 1.73. The predicted molar refractivity (Wildman–Crippen MR) is 79.8 cm³/mol. The van der Waals surface area contributed by atoms with Gasteiger partial charge in [-0.3, -0.25) is 4.79 Å². The molecule has 4 heteroatoms. The summed E-state index contributed by atoms with van der Waals surface area (Å²) in [6, 6.07) is 8.70. The zero-order chi connectivity index (χ0) is 13.2. The zero-order valence-electron chi connectivity index (χ0n) is 11.3. The smallest absolute Gasteiger partial charge is 0.240 e. The highest BCUT2D eigenvalue weighted by Gasteiger charge is 2.36. The third-order valence-corrected chi connectivity index (χ3v) is 5.37. The van der Waals surface area contributed by atoms with E-state index in [1.165, 1.54) is 4.90 Å². The quantitative estimate of drug-likeness (QED) is 0.901. The number of piperidine rings is 1. The molecular formula is C15H20N2OS. The number of rotatable bonds is 2. The lowest BCUT2D eigenvalue weighted by Gasteiger charge is -2.40. The predicted octanol–water partition coefficient (Wildman–Crippen LogP) is 2.66. The number of nitrogens with zero attached hydrogens (tertiary/aromatic N) is 1. The highest BCUT2D eigenvalue weighted by atomic mass is 32.2. The van der Waals surface area contributed by atoms with Crippen LogP contribution in [0.3, 0.4) is 0 Å². The van der Waals surface area contributed by atoms with Crippen molar-refractivity contribution in [2.24, 2.45) is 0 Å². The van der Waals surface area contributed by atoms with Crippen LogP contribution in [0.5, 0.6) is 0 Å². The molecule has 3 rings (SSSR count). The summed E-state index contributed by atoms with van der Waals surface area (Å²) < 4.78 is 0. The summed E-state index contributed by atoms with van der Waals surface area (Å²) in [5.74, 6) is 0.304. The highest BCUT2D eigenvalue weighted by Crippen LogP contribution is 2.41. The summed E-state index contributed by atoms with van der Waals surface area (Å²) in [5, 5.41) is 3.46. The number of carbonyl (C=O) groups is 1. The van der Waals surface area contributed by atoms with Crippen LogP contribution in [0.25, 0.3) is 0 Å². The van der Waals surface area contributed by atoms with E-state index in [2.05, 4.69) is 35.3 Å². The molecule has 102 valence electrons. The fourth-order valence-corrected chi connectivity index (χ4v) is 4.06. The Morgan fingerprint density at radius 2 is 2.05 bits per heavy atom. The number of fused-ring (bicyclic) bond motifs is 1. The second-order valence-corrected chi connectivity index (χ2v) is 6.42. The number of carbonyl (C=O) groups excluding carboxylic acids is 1. The molecule has 1 aromatic carbocycles. The van der Waals surface area contributed by atoms with Crippen LogP contribution in [-0.4, -0.2) is 30.3 Å². The number of nitrogens with one attached hydrogen (secondary N) is 1. The van der Waals surface area contributed by atoms with Crippen LogP contribution >= 0.6 is 11.8 Å². The Hall–Kier alpha value is -1.00. The van der Waals surface area contributed by atoms with Crippen molar-refractivity contribution in [3.63, 3.8) is 0 Å². The average Bonchev–Trinajstić information content (AvgIpc) is 2.47. The SMILES string of the molecule is CCC1Sc2ccccc2N(C2CCNCC2)C1=O. The van der Waals surface area contributed by atoms with E-state index >= 15 is 0 Å². The van der Waals surface area contributed by atoms with Gasteiger partial charge in [0.1, 0.15) is 0 Å². The van der Waals surface area contributed by atoms with E-state index < -0.39 is 0 Å². The molecular weight excluding hydrogens is 256 g/mol. The van der Waals surface area contributed by atoms with E-state index in [1.54, 1.807) is 11.8 Å². The van der Waals surface area contributed by atoms with Crippen LogP contribution in [0.2, 0.25) is 0 Å². The minimum atomic E-state index is 0.0878. The number of para-hydroxylation sites is 1. The molecule has 0 aromatic heterocycles. The van der Waals surface area contributed by atoms with E-state index in [-0.39, 0.29) is 5.25 Å². The Morgan fingerprint density at radius 1 is 1.32 bits per heavy atom. The van der Waals surface area contributed by atoms with Crippen molar-refractivity contribution in [2.75, 3.05) is 18.0 Å². The molecule has 2 heterocycles. The van der Waals surface area contributed by atoms with Crippen LogP contribution in [0.4, 0.5) is 5.69 Å². The van der Waals surface area contributed by atoms with Gasteiger partial charge in [0.25, 0.3) is 0 Å². The van der Waals surface area contributed by atoms with Gasteiger partial charge in [0.05, 0.1) is 10.9 Å². The Kier molecular flexibility index (Phi) is 3.80. The standard InChI is InChI=1S/C15H20N2OS/c1-2-13-15(18)17(11-7-9-16-10-8-11)12-5-3-4-6-14(12)19-13/h3-6,11,13,16H,2,7-10H2,1H3. The average molecular weight is 276 g/mol. The van der Waals surface area contributed by atoms with E-state index in [9.17, 15) is 4.79 Å². The third-order valence-electron chi connectivity index (χ3n) is 3.95. The fraction of sp³-hybridized carbons (Fsp3) is 0.533. The van der Waals surface area contributed by atoms with Crippen molar-refractivity contribution in [3.8, 4) is 0 Å². The first-order chi connectivity index (χ1) is 9.31. The van der Waals surface area contributed by atoms with Crippen LogP contribution in [0.15, 0.2) is 29.2 Å². The van der Waals surface area contributed by atoms with E-state index in [4.69, 9.17) is 0 Å². The molecule has 0 saturated carbocycles. The zero-order valence-corrected chi connectivity index (χ0v) is 12.1. The van der Waals surface area contributed by atoms with Crippen molar-refractivity contribution in [2.45, 2.75) is 42.4 Å². The van der Waals surface area contributed by atoms with Gasteiger partial charge in [-0.25, -0.2) is 0 Å². The van der Waals surface area contributed by atoms with Crippen LogP contribution < -0.4 is 10.2 Å². The number of thioether (sulfide) groups is 1. The molecule has 1 fully saturated rings. The second-order valence-electron chi connectivity index (χ2n) is 5.17. The van der Waals surface area contributed by atoms with Crippen LogP contribution in [-0.2, 0) is 4.79 Å². The highest BCUT2D eigenvalue weighted by molar-refractivity contribution is 8.01. The molecule has 1 N–H and O–H groups in total. The molecule has 3 nitrogen and oxygen atoms in total. The lowest BCUT2D eigenvalue weighted by atomic mass is 10.0. The Morgan fingerprint density at radius 3 is 2.79 bits per heavy atom. The normalized spacial score (nSPS) is 24.4. The number of benzene rings is 1. The molecule has 1 saturated heterocycles. The van der Waals surface area contributed by atoms with Gasteiger partial charge in [-0.2, -0.15) is 0 Å². The van der Waals surface area contributed by atoms with Crippen molar-refractivity contribution < 1.29 is 4.79 Å². The van der Waals surface area contributed by atoms with Crippen LogP contribution in [0, 0.1) is 0 Å². The number of hydrogen-bond acceptors (Lipinski definition) is 3. The first kappa shape index (κ1) is 13.0. The maximum Gasteiger partial charge on any atom is 0.240 e. The summed E-state index contributed by atoms with van der Waals surface area (Å²) in [7, 11) is 0. The molecule has 0 bridgehead atoms. The molecule has 1 amide bonds. The molecule has 2 aliphatic heterocycles. The van der Waals surface area contributed by atoms with Crippen molar-refractivity contribution in [1.82, 2.24) is 5.32 Å². The number of anilines is 1. The van der Waals surface area contributed by atoms with Crippen molar-refractivity contribution >= 4 is 23.4 Å². The lowest BCUT2D eigenvalue weighted by molar-refractivity contribution is -0.118. The summed E-state index contributed by atoms with van der Waals surface area (Å²) in [6.45, 7) is 4.13. The van der Waals surface area contributed by atoms with Crippen LogP contribution in [0.1, 0.15) is 26.2 Å². The molecule has 0 radical (unpaired) electrons. The first-order valence-electron chi connectivity index (χ1n) is 7.10. The molecule has 1 aromatic rings. The van der Waals surface area contributed by atoms with E-state index in [1.807, 2.05) is 6.07 Å². The summed E-state index contributed by atoms with van der Waals surface area (Å²) in [6.07, 6.45) is 3.02. The third kappa shape index (κ3) is 2.39. The molecule has 1 unspecified atom stereocenters. The monoisotopic (exact) mass is 276 g/mol. The van der Waals surface area contributed by atoms with E-state index in [0.29, 0.717) is 11.9 Å². The number of hydrogen-bond donors (Lipinski definition) is 1. The largest absolute Gasteiger partial charge is 0.317 e. The van der Waals surface area contributed by atoms with Gasteiger partial charge < -0.3 is 10.2 Å². The van der Waals surface area contributed by atoms with Gasteiger partial charge in [-0.1, -0.05) is 19.1 Å². The second kappa shape index (κ2) is 5.55. The van der Waals surface area contributed by atoms with Gasteiger partial charge >= 0.3 is 0 Å². The lowest BCUT2D eigenvalue weighted by Crippen LogP contribution is -2.50. The molecule has 19 heavy (non-hydrogen) atoms. The van der Waals surface area contributed by atoms with Gasteiger partial charge in [0.2, 0.25) is 5.91 Å². The van der Waals surface area contributed by atoms with Gasteiger partial charge in [0, 0.05) is 10.9 Å². The molecule has 1 atom stereocenters. The van der Waals surface area contributed by atoms with E-state index in [0.717, 1.165) is 38.0 Å². The summed E-state index contributed by atoms with van der Waals surface area (Å²) in [4.78, 5) is 16.0. The Labute approximate surface area is 118 Å². The number of amides is 1. The first-order valence-corrected chi connectivity index (χ1v) is 7.98. The fourth-order valence-electron chi connectivity index (χ4n) is 2.93. The maximum absolute atomic E-state index is 12.7. The van der Waals surface area contributed by atoms with Crippen molar-refractivity contribution in [3.05, 3.63) is 24.3 Å². The molecule has 0 spiro atoms. The maximum atomic E-state index is 12.7. The molecule has 0 aliphatic carbocycles. The Balaban J connectivity index is 1.97. The van der Waals surface area contributed by atoms with Gasteiger partial charge in [-0.15, -0.1) is 11.8 Å². The Bertz CT molecular complexity index is 471.